The molecule has 0 aliphatic heterocycles. The highest BCUT2D eigenvalue weighted by molar-refractivity contribution is 5.98. The predicted octanol–water partition coefficient (Wildman–Crippen LogP) is 1.98. The summed E-state index contributed by atoms with van der Waals surface area (Å²) in [6.45, 7) is 9.18. The molecule has 5 amide bonds. The molecule has 0 bridgehead atoms. The Morgan fingerprint density at radius 1 is 0.720 bits per heavy atom. The van der Waals surface area contributed by atoms with E-state index in [0.29, 0.717) is 51.3 Å². The summed E-state index contributed by atoms with van der Waals surface area (Å²) < 4.78 is 20.7. The minimum absolute atomic E-state index is 0.0156. The first kappa shape index (κ1) is 43.9. The van der Waals surface area contributed by atoms with E-state index in [2.05, 4.69) is 26.6 Å². The Bertz CT molecular complexity index is 1180. The van der Waals surface area contributed by atoms with Gasteiger partial charge in [0, 0.05) is 52.1 Å². The molecule has 0 aromatic heterocycles. The molecular weight excluding hydrogens is 650 g/mol. The first-order valence-corrected chi connectivity index (χ1v) is 17.3. The molecular formula is C35H57N5O10. The lowest BCUT2D eigenvalue weighted by Crippen LogP contribution is -2.54. The van der Waals surface area contributed by atoms with Crippen LogP contribution >= 0.6 is 0 Å². The number of hydrogen-bond donors (Lipinski definition) is 5. The number of methoxy groups -OCH3 is 1. The Labute approximate surface area is 295 Å². The van der Waals surface area contributed by atoms with E-state index in [1.165, 1.54) is 6.92 Å². The molecule has 0 aliphatic rings. The number of benzene rings is 1. The zero-order valence-corrected chi connectivity index (χ0v) is 30.2. The monoisotopic (exact) mass is 707 g/mol. The topological polar surface area (TPSA) is 199 Å². The summed E-state index contributed by atoms with van der Waals surface area (Å²) >= 11 is 0. The van der Waals surface area contributed by atoms with Gasteiger partial charge in [0.15, 0.2) is 0 Å². The minimum Gasteiger partial charge on any atom is -0.461 e. The minimum atomic E-state index is -0.933. The fraction of sp³-hybridized carbons (Fsp3) is 0.657. The van der Waals surface area contributed by atoms with Crippen LogP contribution in [0.5, 0.6) is 0 Å². The van der Waals surface area contributed by atoms with Gasteiger partial charge in [-0.25, -0.2) is 0 Å². The third-order valence-corrected chi connectivity index (χ3v) is 7.23. The summed E-state index contributed by atoms with van der Waals surface area (Å²) in [5.74, 6) is -2.23. The maximum absolute atomic E-state index is 13.4. The molecule has 0 saturated carbocycles. The summed E-state index contributed by atoms with van der Waals surface area (Å²) in [7, 11) is 1.57. The van der Waals surface area contributed by atoms with Gasteiger partial charge in [0.25, 0.3) is 0 Å². The molecule has 0 saturated heterocycles. The number of nitrogens with one attached hydrogen (secondary N) is 5. The number of hydrogen-bond acceptors (Lipinski definition) is 10. The van der Waals surface area contributed by atoms with E-state index >= 15 is 0 Å². The van der Waals surface area contributed by atoms with Gasteiger partial charge in [0.2, 0.25) is 29.5 Å². The molecule has 282 valence electrons. The predicted molar refractivity (Wildman–Crippen MR) is 187 cm³/mol. The van der Waals surface area contributed by atoms with Crippen molar-refractivity contribution in [3.8, 4) is 0 Å². The van der Waals surface area contributed by atoms with Crippen molar-refractivity contribution in [1.82, 2.24) is 21.3 Å². The van der Waals surface area contributed by atoms with Crippen molar-refractivity contribution in [3.05, 3.63) is 29.8 Å². The van der Waals surface area contributed by atoms with Crippen molar-refractivity contribution in [3.63, 3.8) is 0 Å². The van der Waals surface area contributed by atoms with Crippen LogP contribution in [-0.4, -0.2) is 101 Å². The van der Waals surface area contributed by atoms with Crippen LogP contribution in [0.2, 0.25) is 0 Å². The molecule has 1 aromatic carbocycles. The number of unbranched alkanes of at least 4 members (excludes halogenated alkanes) is 1. The lowest BCUT2D eigenvalue weighted by atomic mass is 10.0. The van der Waals surface area contributed by atoms with Gasteiger partial charge >= 0.3 is 5.97 Å². The molecule has 1 aromatic rings. The van der Waals surface area contributed by atoms with E-state index < -0.39 is 29.9 Å². The number of ether oxygens (including phenoxy) is 4. The Morgan fingerprint density at radius 2 is 1.36 bits per heavy atom. The van der Waals surface area contributed by atoms with Gasteiger partial charge in [-0.1, -0.05) is 32.9 Å². The molecule has 2 atom stereocenters. The first-order valence-electron chi connectivity index (χ1n) is 17.3. The fourth-order valence-corrected chi connectivity index (χ4v) is 4.45. The summed E-state index contributed by atoms with van der Waals surface area (Å²) in [4.78, 5) is 74.3. The van der Waals surface area contributed by atoms with E-state index in [-0.39, 0.29) is 69.3 Å². The van der Waals surface area contributed by atoms with Gasteiger partial charge in [0.05, 0.1) is 33.0 Å². The number of rotatable bonds is 27. The van der Waals surface area contributed by atoms with Crippen LogP contribution < -0.4 is 26.6 Å². The van der Waals surface area contributed by atoms with Crippen molar-refractivity contribution < 1.29 is 47.7 Å². The Hall–Kier alpha value is -4.08. The smallest absolute Gasteiger partial charge is 0.302 e. The molecule has 50 heavy (non-hydrogen) atoms. The summed E-state index contributed by atoms with van der Waals surface area (Å²) in [5.41, 5.74) is 1.23. The molecule has 5 N–H and O–H groups in total. The van der Waals surface area contributed by atoms with Crippen LogP contribution in [0.1, 0.15) is 78.2 Å². The van der Waals surface area contributed by atoms with Gasteiger partial charge in [-0.2, -0.15) is 0 Å². The van der Waals surface area contributed by atoms with Gasteiger partial charge in [-0.3, -0.25) is 28.8 Å². The zero-order chi connectivity index (χ0) is 37.1. The molecule has 1 rings (SSSR count). The van der Waals surface area contributed by atoms with Crippen molar-refractivity contribution in [2.45, 2.75) is 91.3 Å². The second kappa shape index (κ2) is 26.7. The van der Waals surface area contributed by atoms with Gasteiger partial charge in [-0.15, -0.1) is 0 Å². The van der Waals surface area contributed by atoms with Crippen molar-refractivity contribution in [2.75, 3.05) is 58.6 Å². The standard InChI is InChI=1S/C35H57N5O10/c1-6-9-30(42)37-18-21-48-20-16-32(44)40-33(25(2)3)35(46)39-29(10-7-8-17-36-31(43)15-19-49-23-22-47-5)34(45)38-28-13-11-27(12-14-28)24-50-26(4)41/h11-14,25,29,33H,6-10,15-24H2,1-5H3,(H,36,43)(H,37,42)(H,38,45)(H,39,46)(H,40,44)/t29?,33-/m0/s1. The van der Waals surface area contributed by atoms with Gasteiger partial charge < -0.3 is 45.5 Å². The Morgan fingerprint density at radius 3 is 2.00 bits per heavy atom. The number of carbonyl (C=O) groups excluding carboxylic acids is 6. The molecule has 0 radical (unpaired) electrons. The zero-order valence-electron chi connectivity index (χ0n) is 30.2. The van der Waals surface area contributed by atoms with Gasteiger partial charge in [0.1, 0.15) is 18.7 Å². The largest absolute Gasteiger partial charge is 0.461 e. The molecule has 0 fully saturated rings. The lowest BCUT2D eigenvalue weighted by molar-refractivity contribution is -0.142. The van der Waals surface area contributed by atoms with Crippen molar-refractivity contribution >= 4 is 41.2 Å². The number of amides is 5. The van der Waals surface area contributed by atoms with Crippen molar-refractivity contribution in [2.24, 2.45) is 5.92 Å². The molecule has 0 heterocycles. The second-order valence-corrected chi connectivity index (χ2v) is 12.0. The fourth-order valence-electron chi connectivity index (χ4n) is 4.45. The molecule has 15 nitrogen and oxygen atoms in total. The Kier molecular flexibility index (Phi) is 23.5. The number of carbonyl (C=O) groups is 6. The van der Waals surface area contributed by atoms with E-state index in [4.69, 9.17) is 18.9 Å². The van der Waals surface area contributed by atoms with Crippen LogP contribution in [0.3, 0.4) is 0 Å². The highest BCUT2D eigenvalue weighted by atomic mass is 16.5. The van der Waals surface area contributed by atoms with E-state index in [0.717, 1.165) is 12.0 Å². The summed E-state index contributed by atoms with van der Waals surface area (Å²) in [6, 6.07) is 4.93. The van der Waals surface area contributed by atoms with Crippen LogP contribution in [0.25, 0.3) is 0 Å². The van der Waals surface area contributed by atoms with Gasteiger partial charge in [-0.05, 0) is 49.3 Å². The van der Waals surface area contributed by atoms with Crippen molar-refractivity contribution in [1.29, 1.82) is 0 Å². The molecule has 15 heteroatoms. The third-order valence-electron chi connectivity index (χ3n) is 7.23. The summed E-state index contributed by atoms with van der Waals surface area (Å²) in [6.07, 6.45) is 2.79. The van der Waals surface area contributed by atoms with E-state index in [9.17, 15) is 28.8 Å². The Balaban J connectivity index is 2.76. The highest BCUT2D eigenvalue weighted by Crippen LogP contribution is 2.13. The van der Waals surface area contributed by atoms with Crippen LogP contribution in [0.15, 0.2) is 24.3 Å². The van der Waals surface area contributed by atoms with E-state index in [1.54, 1.807) is 45.2 Å². The summed E-state index contributed by atoms with van der Waals surface area (Å²) in [5, 5.41) is 13.9. The number of anilines is 1. The number of esters is 1. The normalized spacial score (nSPS) is 12.0. The lowest BCUT2D eigenvalue weighted by Gasteiger charge is -2.25. The van der Waals surface area contributed by atoms with Crippen LogP contribution in [-0.2, 0) is 54.3 Å². The average molecular weight is 708 g/mol. The average Bonchev–Trinajstić information content (AvgIpc) is 3.07. The molecule has 0 spiro atoms. The van der Waals surface area contributed by atoms with Crippen LogP contribution in [0.4, 0.5) is 5.69 Å². The quantitative estimate of drug-likeness (QED) is 0.0666. The molecule has 1 unspecified atom stereocenters. The van der Waals surface area contributed by atoms with Crippen LogP contribution in [0, 0.1) is 5.92 Å². The SMILES string of the molecule is CCCC(=O)NCCOCCC(=O)N[C@H](C(=O)NC(CCCCNC(=O)CCOCCOC)C(=O)Nc1ccc(COC(C)=O)cc1)C(C)C. The maximum atomic E-state index is 13.4. The maximum Gasteiger partial charge on any atom is 0.302 e. The first-order chi connectivity index (χ1) is 24.0. The third kappa shape index (κ3) is 21.1. The second-order valence-electron chi connectivity index (χ2n) is 12.0. The molecule has 0 aliphatic carbocycles. The highest BCUT2D eigenvalue weighted by Gasteiger charge is 2.28. The van der Waals surface area contributed by atoms with E-state index in [1.807, 2.05) is 6.92 Å².